The van der Waals surface area contributed by atoms with E-state index in [-0.39, 0.29) is 17.4 Å². The van der Waals surface area contributed by atoms with E-state index in [4.69, 9.17) is 5.73 Å². The molecule has 1 aliphatic rings. The van der Waals surface area contributed by atoms with E-state index in [1.807, 2.05) is 27.7 Å². The molecule has 3 N–H and O–H groups in total. The second-order valence-electron chi connectivity index (χ2n) is 6.30. The first-order valence-electron chi connectivity index (χ1n) is 6.78. The van der Waals surface area contributed by atoms with Crippen molar-refractivity contribution in [3.8, 4) is 0 Å². The molecule has 1 aliphatic heterocycles. The van der Waals surface area contributed by atoms with Gasteiger partial charge in [-0.15, -0.1) is 10.2 Å². The Balaban J connectivity index is 2.05. The fourth-order valence-electron chi connectivity index (χ4n) is 2.25. The molecule has 2 heterocycles. The van der Waals surface area contributed by atoms with E-state index in [0.29, 0.717) is 0 Å². The third kappa shape index (κ3) is 2.78. The number of aromatic nitrogens is 3. The van der Waals surface area contributed by atoms with E-state index in [1.54, 1.807) is 0 Å². The lowest BCUT2D eigenvalue weighted by Crippen LogP contribution is -2.49. The number of rotatable bonds is 3. The van der Waals surface area contributed by atoms with Crippen molar-refractivity contribution in [2.24, 2.45) is 11.1 Å². The van der Waals surface area contributed by atoms with Crippen molar-refractivity contribution in [3.05, 3.63) is 11.6 Å². The zero-order valence-corrected chi connectivity index (χ0v) is 12.1. The van der Waals surface area contributed by atoms with Gasteiger partial charge in [-0.2, -0.15) is 0 Å². The maximum atomic E-state index is 12.1. The topological polar surface area (TPSA) is 85.8 Å². The van der Waals surface area contributed by atoms with Gasteiger partial charge in [0.2, 0.25) is 5.91 Å². The van der Waals surface area contributed by atoms with Crippen LogP contribution in [-0.2, 0) is 17.8 Å². The van der Waals surface area contributed by atoms with Crippen LogP contribution in [0.1, 0.15) is 51.8 Å². The molecular formula is C13H23N5O. The lowest BCUT2D eigenvalue weighted by Gasteiger charge is -2.27. The number of amides is 1. The van der Waals surface area contributed by atoms with E-state index in [9.17, 15) is 4.79 Å². The summed E-state index contributed by atoms with van der Waals surface area (Å²) in [5.41, 5.74) is 5.70. The molecule has 2 atom stereocenters. The number of nitrogens with one attached hydrogen (secondary N) is 1. The highest BCUT2D eigenvalue weighted by Crippen LogP contribution is 2.21. The molecular weight excluding hydrogens is 242 g/mol. The van der Waals surface area contributed by atoms with Crippen LogP contribution < -0.4 is 11.1 Å². The molecule has 0 bridgehead atoms. The number of nitrogens with two attached hydrogens (primary N) is 1. The monoisotopic (exact) mass is 265 g/mol. The molecule has 2 rings (SSSR count). The van der Waals surface area contributed by atoms with E-state index in [0.717, 1.165) is 31.0 Å². The maximum absolute atomic E-state index is 12.1. The van der Waals surface area contributed by atoms with Gasteiger partial charge in [0.1, 0.15) is 5.82 Å². The Bertz CT molecular complexity index is 474. The van der Waals surface area contributed by atoms with Crippen LogP contribution in [0.25, 0.3) is 0 Å². The van der Waals surface area contributed by atoms with Crippen molar-refractivity contribution in [1.82, 2.24) is 20.1 Å². The summed E-state index contributed by atoms with van der Waals surface area (Å²) in [5, 5.41) is 11.2. The van der Waals surface area contributed by atoms with Crippen LogP contribution in [0.5, 0.6) is 0 Å². The van der Waals surface area contributed by atoms with E-state index >= 15 is 0 Å². The molecule has 0 fully saturated rings. The molecule has 0 spiro atoms. The molecule has 19 heavy (non-hydrogen) atoms. The number of nitrogens with zero attached hydrogens (tertiary/aromatic N) is 3. The molecule has 106 valence electrons. The average Bonchev–Trinajstić information content (AvgIpc) is 2.87. The van der Waals surface area contributed by atoms with Crippen LogP contribution in [0.3, 0.4) is 0 Å². The number of hydrogen-bond acceptors (Lipinski definition) is 4. The molecule has 0 aliphatic carbocycles. The molecule has 1 unspecified atom stereocenters. The largest absolute Gasteiger partial charge is 0.345 e. The Morgan fingerprint density at radius 3 is 2.74 bits per heavy atom. The summed E-state index contributed by atoms with van der Waals surface area (Å²) >= 11 is 0. The van der Waals surface area contributed by atoms with Crippen LogP contribution in [0.4, 0.5) is 0 Å². The second kappa shape index (κ2) is 4.92. The minimum atomic E-state index is -0.532. The van der Waals surface area contributed by atoms with E-state index < -0.39 is 6.04 Å². The van der Waals surface area contributed by atoms with Crippen molar-refractivity contribution in [2.75, 3.05) is 0 Å². The Labute approximate surface area is 113 Å². The zero-order chi connectivity index (χ0) is 14.2. The quantitative estimate of drug-likeness (QED) is 0.845. The van der Waals surface area contributed by atoms with Gasteiger partial charge in [0.05, 0.1) is 12.1 Å². The molecule has 0 radical (unpaired) electrons. The van der Waals surface area contributed by atoms with Crippen LogP contribution in [0.15, 0.2) is 0 Å². The molecule has 6 nitrogen and oxygen atoms in total. The molecule has 0 saturated carbocycles. The molecule has 0 saturated heterocycles. The van der Waals surface area contributed by atoms with Gasteiger partial charge in [0, 0.05) is 13.0 Å². The predicted octanol–water partition coefficient (Wildman–Crippen LogP) is 0.775. The summed E-state index contributed by atoms with van der Waals surface area (Å²) in [6.07, 6.45) is 2.06. The number of carbonyl (C=O) groups excluding carboxylic acids is 1. The summed E-state index contributed by atoms with van der Waals surface area (Å²) in [6.45, 7) is 8.72. The SMILES string of the molecule is CC(NC(=O)[C@@H](N)C(C)(C)C)c1nnc2n1CCC2. The Morgan fingerprint density at radius 2 is 2.11 bits per heavy atom. The van der Waals surface area contributed by atoms with Crippen molar-refractivity contribution in [3.63, 3.8) is 0 Å². The van der Waals surface area contributed by atoms with Crippen molar-refractivity contribution in [1.29, 1.82) is 0 Å². The highest BCUT2D eigenvalue weighted by Gasteiger charge is 2.30. The van der Waals surface area contributed by atoms with Gasteiger partial charge in [-0.3, -0.25) is 4.79 Å². The minimum Gasteiger partial charge on any atom is -0.345 e. The van der Waals surface area contributed by atoms with Gasteiger partial charge in [0.15, 0.2) is 5.82 Å². The lowest BCUT2D eigenvalue weighted by atomic mass is 9.87. The van der Waals surface area contributed by atoms with Crippen LogP contribution in [0, 0.1) is 5.41 Å². The lowest BCUT2D eigenvalue weighted by molar-refractivity contribution is -0.125. The minimum absolute atomic E-state index is 0.143. The van der Waals surface area contributed by atoms with E-state index in [1.165, 1.54) is 0 Å². The third-order valence-electron chi connectivity index (χ3n) is 3.60. The van der Waals surface area contributed by atoms with E-state index in [2.05, 4.69) is 20.1 Å². The van der Waals surface area contributed by atoms with Crippen LogP contribution in [-0.4, -0.2) is 26.7 Å². The molecule has 1 aromatic heterocycles. The first kappa shape index (κ1) is 14.0. The van der Waals surface area contributed by atoms with Gasteiger partial charge in [-0.25, -0.2) is 0 Å². The number of carbonyl (C=O) groups is 1. The molecule has 0 aromatic carbocycles. The Kier molecular flexibility index (Phi) is 3.62. The number of fused-ring (bicyclic) bond motifs is 1. The summed E-state index contributed by atoms with van der Waals surface area (Å²) in [7, 11) is 0. The van der Waals surface area contributed by atoms with Crippen LogP contribution >= 0.6 is 0 Å². The van der Waals surface area contributed by atoms with Gasteiger partial charge in [-0.05, 0) is 18.8 Å². The van der Waals surface area contributed by atoms with Crippen molar-refractivity contribution >= 4 is 5.91 Å². The first-order chi connectivity index (χ1) is 8.80. The summed E-state index contributed by atoms with van der Waals surface area (Å²) < 4.78 is 2.09. The van der Waals surface area contributed by atoms with Gasteiger partial charge in [-0.1, -0.05) is 20.8 Å². The fourth-order valence-corrected chi connectivity index (χ4v) is 2.25. The van der Waals surface area contributed by atoms with Gasteiger partial charge >= 0.3 is 0 Å². The number of hydrogen-bond donors (Lipinski definition) is 2. The summed E-state index contributed by atoms with van der Waals surface area (Å²) in [6, 6.07) is -0.698. The van der Waals surface area contributed by atoms with Crippen molar-refractivity contribution < 1.29 is 4.79 Å². The molecule has 6 heteroatoms. The summed E-state index contributed by atoms with van der Waals surface area (Å²) in [5.74, 6) is 1.69. The predicted molar refractivity (Wildman–Crippen MR) is 72.3 cm³/mol. The summed E-state index contributed by atoms with van der Waals surface area (Å²) in [4.78, 5) is 12.1. The fraction of sp³-hybridized carbons (Fsp3) is 0.769. The van der Waals surface area contributed by atoms with Crippen molar-refractivity contribution in [2.45, 2.75) is 59.2 Å². The zero-order valence-electron chi connectivity index (χ0n) is 12.1. The normalized spacial score (nSPS) is 17.9. The maximum Gasteiger partial charge on any atom is 0.238 e. The Morgan fingerprint density at radius 1 is 1.42 bits per heavy atom. The standard InChI is InChI=1S/C13H23N5O/c1-8(15-12(19)10(14)13(2,3)4)11-17-16-9-6-5-7-18(9)11/h8,10H,5-7,14H2,1-4H3,(H,15,19)/t8?,10-/m1/s1. The first-order valence-corrected chi connectivity index (χ1v) is 6.78. The molecule has 1 aromatic rings. The van der Waals surface area contributed by atoms with Crippen LogP contribution in [0.2, 0.25) is 0 Å². The van der Waals surface area contributed by atoms with Gasteiger partial charge in [0.25, 0.3) is 0 Å². The highest BCUT2D eigenvalue weighted by atomic mass is 16.2. The third-order valence-corrected chi connectivity index (χ3v) is 3.60. The Hall–Kier alpha value is -1.43. The van der Waals surface area contributed by atoms with Gasteiger partial charge < -0.3 is 15.6 Å². The highest BCUT2D eigenvalue weighted by molar-refractivity contribution is 5.82. The molecule has 1 amide bonds. The average molecular weight is 265 g/mol. The number of aryl methyl sites for hydroxylation is 1. The second-order valence-corrected chi connectivity index (χ2v) is 6.30. The smallest absolute Gasteiger partial charge is 0.238 e.